The van der Waals surface area contributed by atoms with E-state index < -0.39 is 10.0 Å². The van der Waals surface area contributed by atoms with Gasteiger partial charge in [-0.3, -0.25) is 4.79 Å². The molecule has 2 heterocycles. The standard InChI is InChI=1S/C12H17N3O3S/c1-3-9(2)13-12(16)10-4-5-11-14-19(17,18)7-6-15(11)8-10/h4-5,8-9H,3,6-7H2,1-2H3,(H,13,16). The van der Waals surface area contributed by atoms with Crippen molar-refractivity contribution in [1.82, 2.24) is 10.2 Å². The van der Waals surface area contributed by atoms with Crippen molar-refractivity contribution in [1.29, 1.82) is 0 Å². The van der Waals surface area contributed by atoms with Gasteiger partial charge in [-0.15, -0.1) is 4.40 Å². The van der Waals surface area contributed by atoms with E-state index in [9.17, 15) is 13.2 Å². The van der Waals surface area contributed by atoms with Gasteiger partial charge in [-0.2, -0.15) is 0 Å². The smallest absolute Gasteiger partial charge is 0.256 e. The van der Waals surface area contributed by atoms with E-state index in [4.69, 9.17) is 0 Å². The average molecular weight is 283 g/mol. The van der Waals surface area contributed by atoms with E-state index in [1.54, 1.807) is 23.3 Å². The van der Waals surface area contributed by atoms with Crippen molar-refractivity contribution < 1.29 is 13.2 Å². The molecular formula is C12H17N3O3S. The molecule has 0 spiro atoms. The van der Waals surface area contributed by atoms with Gasteiger partial charge >= 0.3 is 0 Å². The number of sulfonamides is 1. The number of carbonyl (C=O) groups is 1. The van der Waals surface area contributed by atoms with Gasteiger partial charge in [0.25, 0.3) is 15.9 Å². The predicted octanol–water partition coefficient (Wildman–Crippen LogP) is 0.399. The highest BCUT2D eigenvalue weighted by Crippen LogP contribution is 2.15. The summed E-state index contributed by atoms with van der Waals surface area (Å²) in [6.07, 6.45) is 5.65. The Hall–Kier alpha value is -1.63. The van der Waals surface area contributed by atoms with Crippen molar-refractivity contribution in [2.45, 2.75) is 26.3 Å². The molecule has 6 nitrogen and oxygen atoms in total. The Bertz CT molecular complexity index is 575. The van der Waals surface area contributed by atoms with Crippen molar-refractivity contribution in [3.8, 4) is 0 Å². The number of hydrogen-bond donors (Lipinski definition) is 1. The number of nitrogens with zero attached hydrogens (tertiary/aromatic N) is 2. The Balaban J connectivity index is 2.15. The Morgan fingerprint density at radius 3 is 2.95 bits per heavy atom. The molecule has 2 aliphatic rings. The van der Waals surface area contributed by atoms with Crippen LogP contribution in [0.15, 0.2) is 28.3 Å². The fourth-order valence-electron chi connectivity index (χ4n) is 1.74. The molecule has 1 N–H and O–H groups in total. The van der Waals surface area contributed by atoms with Crippen LogP contribution in [0, 0.1) is 0 Å². The Morgan fingerprint density at radius 1 is 1.53 bits per heavy atom. The number of amidine groups is 1. The van der Waals surface area contributed by atoms with Crippen LogP contribution in [0.3, 0.4) is 0 Å². The second-order valence-electron chi connectivity index (χ2n) is 4.63. The monoisotopic (exact) mass is 283 g/mol. The van der Waals surface area contributed by atoms with E-state index in [0.717, 1.165) is 6.42 Å². The summed E-state index contributed by atoms with van der Waals surface area (Å²) in [5.41, 5.74) is 0.513. The van der Waals surface area contributed by atoms with Crippen LogP contribution < -0.4 is 5.32 Å². The zero-order valence-corrected chi connectivity index (χ0v) is 11.8. The molecule has 0 fully saturated rings. The van der Waals surface area contributed by atoms with E-state index in [1.165, 1.54) is 0 Å². The lowest BCUT2D eigenvalue weighted by atomic mass is 10.1. The van der Waals surface area contributed by atoms with E-state index in [-0.39, 0.29) is 17.7 Å². The normalized spacial score (nSPS) is 22.1. The van der Waals surface area contributed by atoms with Crippen LogP contribution >= 0.6 is 0 Å². The first kappa shape index (κ1) is 13.8. The van der Waals surface area contributed by atoms with E-state index in [0.29, 0.717) is 18.0 Å². The van der Waals surface area contributed by atoms with Crippen molar-refractivity contribution in [3.63, 3.8) is 0 Å². The van der Waals surface area contributed by atoms with Crippen LogP contribution in [0.4, 0.5) is 0 Å². The molecule has 2 aliphatic heterocycles. The van der Waals surface area contributed by atoms with E-state index in [2.05, 4.69) is 9.71 Å². The first-order chi connectivity index (χ1) is 8.91. The van der Waals surface area contributed by atoms with Crippen LogP contribution in [-0.4, -0.2) is 43.4 Å². The average Bonchev–Trinajstić information content (AvgIpc) is 2.36. The lowest BCUT2D eigenvalue weighted by molar-refractivity contribution is -0.117. The van der Waals surface area contributed by atoms with Crippen LogP contribution in [0.1, 0.15) is 20.3 Å². The van der Waals surface area contributed by atoms with Gasteiger partial charge in [0.05, 0.1) is 11.3 Å². The van der Waals surface area contributed by atoms with Gasteiger partial charge in [0.15, 0.2) is 0 Å². The number of nitrogens with one attached hydrogen (secondary N) is 1. The molecule has 0 aromatic rings. The minimum absolute atomic E-state index is 0.0267. The van der Waals surface area contributed by atoms with Gasteiger partial charge in [-0.1, -0.05) is 6.92 Å². The van der Waals surface area contributed by atoms with Gasteiger partial charge in [0, 0.05) is 18.8 Å². The van der Waals surface area contributed by atoms with Crippen molar-refractivity contribution in [3.05, 3.63) is 23.9 Å². The maximum atomic E-state index is 12.0. The molecule has 0 aromatic heterocycles. The lowest BCUT2D eigenvalue weighted by Crippen LogP contribution is -2.39. The van der Waals surface area contributed by atoms with Gasteiger partial charge in [0.1, 0.15) is 5.84 Å². The van der Waals surface area contributed by atoms with Crippen molar-refractivity contribution in [2.24, 2.45) is 4.40 Å². The summed E-state index contributed by atoms with van der Waals surface area (Å²) in [5.74, 6) is 0.186. The van der Waals surface area contributed by atoms with Crippen molar-refractivity contribution >= 4 is 21.8 Å². The SMILES string of the molecule is CCC(C)NC(=O)C1=CN2CCS(=O)(=O)N=C2C=C1. The first-order valence-electron chi connectivity index (χ1n) is 6.21. The molecule has 0 aliphatic carbocycles. The highest BCUT2D eigenvalue weighted by atomic mass is 32.2. The van der Waals surface area contributed by atoms with Gasteiger partial charge in [-0.25, -0.2) is 8.42 Å². The molecule has 0 aromatic carbocycles. The molecule has 0 saturated heterocycles. The Labute approximate surface area is 112 Å². The van der Waals surface area contributed by atoms with Gasteiger partial charge in [-0.05, 0) is 25.5 Å². The third-order valence-electron chi connectivity index (χ3n) is 3.08. The number of fused-ring (bicyclic) bond motifs is 1. The third kappa shape index (κ3) is 3.23. The minimum atomic E-state index is -3.35. The summed E-state index contributed by atoms with van der Waals surface area (Å²) in [7, 11) is -3.35. The molecule has 0 bridgehead atoms. The molecular weight excluding hydrogens is 266 g/mol. The first-order valence-corrected chi connectivity index (χ1v) is 7.82. The number of carbonyl (C=O) groups excluding carboxylic acids is 1. The second kappa shape index (κ2) is 5.16. The predicted molar refractivity (Wildman–Crippen MR) is 73.0 cm³/mol. The molecule has 0 radical (unpaired) electrons. The summed E-state index contributed by atoms with van der Waals surface area (Å²) < 4.78 is 26.4. The van der Waals surface area contributed by atoms with Crippen LogP contribution in [0.25, 0.3) is 0 Å². The largest absolute Gasteiger partial charge is 0.350 e. The van der Waals surface area contributed by atoms with E-state index in [1.807, 2.05) is 13.8 Å². The summed E-state index contributed by atoms with van der Waals surface area (Å²) in [6, 6.07) is 0.110. The highest BCUT2D eigenvalue weighted by Gasteiger charge is 2.25. The summed E-state index contributed by atoms with van der Waals surface area (Å²) in [6.45, 7) is 4.26. The molecule has 19 heavy (non-hydrogen) atoms. The highest BCUT2D eigenvalue weighted by molar-refractivity contribution is 7.90. The molecule has 1 amide bonds. The van der Waals surface area contributed by atoms with Gasteiger partial charge < -0.3 is 10.2 Å². The van der Waals surface area contributed by atoms with Crippen LogP contribution in [0.5, 0.6) is 0 Å². The quantitative estimate of drug-likeness (QED) is 0.813. The maximum Gasteiger partial charge on any atom is 0.256 e. The third-order valence-corrected chi connectivity index (χ3v) is 4.24. The van der Waals surface area contributed by atoms with Crippen LogP contribution in [-0.2, 0) is 14.8 Å². The fourth-order valence-corrected chi connectivity index (χ4v) is 2.71. The Kier molecular flexibility index (Phi) is 3.75. The number of amides is 1. The number of rotatable bonds is 3. The van der Waals surface area contributed by atoms with Gasteiger partial charge in [0.2, 0.25) is 0 Å². The Morgan fingerprint density at radius 2 is 2.26 bits per heavy atom. The van der Waals surface area contributed by atoms with Crippen molar-refractivity contribution in [2.75, 3.05) is 12.3 Å². The maximum absolute atomic E-state index is 12.0. The zero-order chi connectivity index (χ0) is 14.0. The summed E-state index contributed by atoms with van der Waals surface area (Å²) in [4.78, 5) is 13.6. The molecule has 0 saturated carbocycles. The molecule has 104 valence electrons. The topological polar surface area (TPSA) is 78.8 Å². The lowest BCUT2D eigenvalue weighted by Gasteiger charge is -2.27. The molecule has 2 rings (SSSR count). The summed E-state index contributed by atoms with van der Waals surface area (Å²) >= 11 is 0. The number of hydrogen-bond acceptors (Lipinski definition) is 4. The molecule has 1 atom stereocenters. The van der Waals surface area contributed by atoms with E-state index >= 15 is 0 Å². The van der Waals surface area contributed by atoms with Crippen LogP contribution in [0.2, 0.25) is 0 Å². The molecule has 1 unspecified atom stereocenters. The summed E-state index contributed by atoms with van der Waals surface area (Å²) in [5, 5.41) is 2.87. The second-order valence-corrected chi connectivity index (χ2v) is 6.38. The molecule has 7 heteroatoms. The fraction of sp³-hybridized carbons (Fsp3) is 0.500. The zero-order valence-electron chi connectivity index (χ0n) is 11.0. The minimum Gasteiger partial charge on any atom is -0.350 e.